The fraction of sp³-hybridized carbons (Fsp3) is 0.429. The number of carbonyl (C=O) groups excluding carboxylic acids is 1. The van der Waals surface area contributed by atoms with E-state index in [4.69, 9.17) is 0 Å². The molecule has 0 aromatic carbocycles. The summed E-state index contributed by atoms with van der Waals surface area (Å²) in [5, 5.41) is 5.41. The number of rotatable bonds is 7. The molecule has 1 unspecified atom stereocenters. The largest absolute Gasteiger partial charge is 0.359 e. The quantitative estimate of drug-likeness (QED) is 0.530. The van der Waals surface area contributed by atoms with Crippen molar-refractivity contribution in [3.8, 4) is 11.3 Å². The van der Waals surface area contributed by atoms with Gasteiger partial charge in [-0.2, -0.15) is 9.47 Å². The fourth-order valence-electron chi connectivity index (χ4n) is 3.40. The van der Waals surface area contributed by atoms with Crippen LogP contribution in [0.25, 0.3) is 11.3 Å². The molecule has 3 aromatic heterocycles. The van der Waals surface area contributed by atoms with E-state index in [0.717, 1.165) is 35.0 Å². The molecule has 0 bridgehead atoms. The van der Waals surface area contributed by atoms with Crippen LogP contribution in [0.1, 0.15) is 26.0 Å². The molecule has 1 aliphatic rings. The molecule has 1 fully saturated rings. The summed E-state index contributed by atoms with van der Waals surface area (Å²) in [6.07, 6.45) is 5.08. The minimum atomic E-state index is -0.281. The van der Waals surface area contributed by atoms with Crippen molar-refractivity contribution in [3.05, 3.63) is 42.4 Å². The van der Waals surface area contributed by atoms with E-state index >= 15 is 0 Å². The normalized spacial score (nSPS) is 15.6. The molecule has 4 heterocycles. The predicted molar refractivity (Wildman–Crippen MR) is 119 cm³/mol. The predicted octanol–water partition coefficient (Wildman–Crippen LogP) is 3.90. The lowest BCUT2D eigenvalue weighted by atomic mass is 10.1. The summed E-state index contributed by atoms with van der Waals surface area (Å²) in [6.45, 7) is 5.79. The highest BCUT2D eigenvalue weighted by Crippen LogP contribution is 2.26. The second-order valence-corrected chi connectivity index (χ2v) is 7.75. The average molecular weight is 431 g/mol. The Balaban J connectivity index is 0.00000124. The zero-order valence-corrected chi connectivity index (χ0v) is 18.3. The minimum Gasteiger partial charge on any atom is -0.359 e. The van der Waals surface area contributed by atoms with Gasteiger partial charge >= 0.3 is 0 Å². The molecular weight excluding hydrogens is 403 g/mol. The zero-order chi connectivity index (χ0) is 21.5. The van der Waals surface area contributed by atoms with E-state index in [0.29, 0.717) is 25.2 Å². The van der Waals surface area contributed by atoms with Crippen LogP contribution >= 0.6 is 11.5 Å². The molecular formula is C21H27FN6OS. The number of alkyl halides is 1. The van der Waals surface area contributed by atoms with Crippen LogP contribution in [-0.4, -0.2) is 52.4 Å². The Kier molecular flexibility index (Phi) is 7.51. The van der Waals surface area contributed by atoms with E-state index in [-0.39, 0.29) is 12.6 Å². The van der Waals surface area contributed by atoms with Crippen molar-refractivity contribution in [2.75, 3.05) is 36.6 Å². The Morgan fingerprint density at radius 3 is 2.77 bits per heavy atom. The summed E-state index contributed by atoms with van der Waals surface area (Å²) in [5.74, 6) is 0.947. The highest BCUT2D eigenvalue weighted by Gasteiger charge is 2.23. The summed E-state index contributed by atoms with van der Waals surface area (Å²) >= 11 is 1.40. The van der Waals surface area contributed by atoms with Gasteiger partial charge in [-0.25, -0.2) is 9.67 Å². The molecule has 3 aromatic rings. The Bertz CT molecular complexity index is 928. The van der Waals surface area contributed by atoms with Crippen LogP contribution in [0.15, 0.2) is 36.7 Å². The van der Waals surface area contributed by atoms with Gasteiger partial charge in [0, 0.05) is 44.0 Å². The van der Waals surface area contributed by atoms with Gasteiger partial charge in [-0.3, -0.25) is 9.18 Å². The molecule has 1 aliphatic heterocycles. The van der Waals surface area contributed by atoms with Gasteiger partial charge in [0.1, 0.15) is 10.8 Å². The van der Waals surface area contributed by atoms with Crippen molar-refractivity contribution >= 4 is 28.8 Å². The van der Waals surface area contributed by atoms with Gasteiger partial charge in [0.25, 0.3) is 0 Å². The number of hydrogen-bond donors (Lipinski definition) is 0. The topological polar surface area (TPSA) is 67.2 Å². The van der Waals surface area contributed by atoms with Crippen LogP contribution < -0.4 is 9.80 Å². The first-order valence-electron chi connectivity index (χ1n) is 10.1. The average Bonchev–Trinajstić information content (AvgIpc) is 3.56. The molecule has 0 N–H and O–H groups in total. The Labute approximate surface area is 180 Å². The van der Waals surface area contributed by atoms with Crippen molar-refractivity contribution in [1.82, 2.24) is 19.1 Å². The smallest absolute Gasteiger partial charge is 0.234 e. The molecule has 7 nitrogen and oxygen atoms in total. The van der Waals surface area contributed by atoms with Crippen LogP contribution in [0.4, 0.5) is 15.2 Å². The van der Waals surface area contributed by atoms with Gasteiger partial charge < -0.3 is 9.80 Å². The van der Waals surface area contributed by atoms with Crippen molar-refractivity contribution in [2.24, 2.45) is 5.92 Å². The van der Waals surface area contributed by atoms with Crippen LogP contribution in [0, 0.1) is 5.92 Å². The maximum atomic E-state index is 12.8. The van der Waals surface area contributed by atoms with E-state index in [1.807, 2.05) is 50.1 Å². The summed E-state index contributed by atoms with van der Waals surface area (Å²) in [5.41, 5.74) is 2.32. The first kappa shape index (κ1) is 21.9. The van der Waals surface area contributed by atoms with Crippen molar-refractivity contribution in [2.45, 2.75) is 26.8 Å². The summed E-state index contributed by atoms with van der Waals surface area (Å²) < 4.78 is 18.3. The zero-order valence-electron chi connectivity index (χ0n) is 17.5. The number of anilines is 2. The molecule has 9 heteroatoms. The SMILES string of the molecule is CC.CN(Cc1cc(-c2ccc(N3CCC(CF)C3)nc2)nn1C=O)c1ccns1. The molecule has 0 aliphatic carbocycles. The van der Waals surface area contributed by atoms with E-state index in [1.54, 1.807) is 12.4 Å². The molecule has 160 valence electrons. The van der Waals surface area contributed by atoms with Gasteiger partial charge in [-0.1, -0.05) is 13.8 Å². The number of hydrogen-bond acceptors (Lipinski definition) is 7. The highest BCUT2D eigenvalue weighted by molar-refractivity contribution is 7.10. The maximum Gasteiger partial charge on any atom is 0.234 e. The monoisotopic (exact) mass is 430 g/mol. The van der Waals surface area contributed by atoms with E-state index in [2.05, 4.69) is 19.4 Å². The lowest BCUT2D eigenvalue weighted by Crippen LogP contribution is -2.21. The number of nitrogens with zero attached hydrogens (tertiary/aromatic N) is 6. The molecule has 4 rings (SSSR count). The Morgan fingerprint density at radius 2 is 2.17 bits per heavy atom. The highest BCUT2D eigenvalue weighted by atomic mass is 32.1. The van der Waals surface area contributed by atoms with Gasteiger partial charge in [0.2, 0.25) is 6.41 Å². The second kappa shape index (κ2) is 10.3. The summed E-state index contributed by atoms with van der Waals surface area (Å²) in [6, 6.07) is 7.71. The Morgan fingerprint density at radius 1 is 1.33 bits per heavy atom. The molecule has 30 heavy (non-hydrogen) atoms. The molecule has 0 radical (unpaired) electrons. The third-order valence-electron chi connectivity index (χ3n) is 4.98. The van der Waals surface area contributed by atoms with Gasteiger partial charge in [0.05, 0.1) is 24.6 Å². The van der Waals surface area contributed by atoms with Crippen LogP contribution in [0.2, 0.25) is 0 Å². The van der Waals surface area contributed by atoms with Crippen molar-refractivity contribution in [1.29, 1.82) is 0 Å². The van der Waals surface area contributed by atoms with Gasteiger partial charge in [0.15, 0.2) is 0 Å². The molecule has 0 amide bonds. The molecule has 1 saturated heterocycles. The summed E-state index contributed by atoms with van der Waals surface area (Å²) in [4.78, 5) is 20.1. The number of pyridine rings is 1. The van der Waals surface area contributed by atoms with Gasteiger partial charge in [-0.05, 0) is 42.2 Å². The third kappa shape index (κ3) is 4.84. The number of carbonyl (C=O) groups is 1. The summed E-state index contributed by atoms with van der Waals surface area (Å²) in [7, 11) is 1.95. The molecule has 0 saturated carbocycles. The lowest BCUT2D eigenvalue weighted by molar-refractivity contribution is 0.384. The molecule has 0 spiro atoms. The fourth-order valence-corrected chi connectivity index (χ4v) is 3.96. The molecule has 1 atom stereocenters. The van der Waals surface area contributed by atoms with Crippen molar-refractivity contribution < 1.29 is 9.18 Å². The Hall–Kier alpha value is -2.81. The third-order valence-corrected chi connectivity index (χ3v) is 5.85. The maximum absolute atomic E-state index is 12.8. The second-order valence-electron chi connectivity index (χ2n) is 6.94. The van der Waals surface area contributed by atoms with E-state index in [9.17, 15) is 9.18 Å². The van der Waals surface area contributed by atoms with Gasteiger partial charge in [-0.15, -0.1) is 0 Å². The first-order chi connectivity index (χ1) is 14.7. The van der Waals surface area contributed by atoms with Crippen LogP contribution in [-0.2, 0) is 11.3 Å². The van der Waals surface area contributed by atoms with E-state index in [1.165, 1.54) is 16.2 Å². The van der Waals surface area contributed by atoms with Crippen LogP contribution in [0.5, 0.6) is 0 Å². The van der Waals surface area contributed by atoms with Crippen LogP contribution in [0.3, 0.4) is 0 Å². The number of aromatic nitrogens is 4. The van der Waals surface area contributed by atoms with E-state index < -0.39 is 0 Å². The van der Waals surface area contributed by atoms with Crippen molar-refractivity contribution in [3.63, 3.8) is 0 Å². The number of halogens is 1. The first-order valence-corrected chi connectivity index (χ1v) is 10.9. The standard InChI is InChI=1S/C19H21FN6OS.C2H6/c1-24(19-4-6-22-28-19)12-16-8-17(23-26(16)13-27)15-2-3-18(21-10-15)25-7-5-14(9-20)11-25;1-2/h2-4,6,8,10,13-14H,5,7,9,11-12H2,1H3;1-2H3. The lowest BCUT2D eigenvalue weighted by Gasteiger charge is -2.16. The minimum absolute atomic E-state index is 0.0999.